The highest BCUT2D eigenvalue weighted by Gasteiger charge is 2.19. The summed E-state index contributed by atoms with van der Waals surface area (Å²) in [5.41, 5.74) is 0. The number of rotatable bonds is 7. The van der Waals surface area contributed by atoms with Gasteiger partial charge in [0.25, 0.3) is 0 Å². The molecular weight excluding hydrogens is 198 g/mol. The maximum absolute atomic E-state index is 11.3. The molecule has 2 N–H and O–H groups in total. The van der Waals surface area contributed by atoms with Crippen LogP contribution in [0.25, 0.3) is 0 Å². The lowest BCUT2D eigenvalue weighted by Gasteiger charge is -2.14. The maximum atomic E-state index is 11.3. The van der Waals surface area contributed by atoms with Gasteiger partial charge in [-0.25, -0.2) is 0 Å². The minimum absolute atomic E-state index is 0.162. The topological polar surface area (TPSA) is 75.6 Å². The van der Waals surface area contributed by atoms with Crippen LogP contribution in [0.1, 0.15) is 26.7 Å². The van der Waals surface area contributed by atoms with Crippen LogP contribution in [0, 0.1) is 5.92 Å². The van der Waals surface area contributed by atoms with Crippen LogP contribution in [-0.4, -0.2) is 36.7 Å². The van der Waals surface area contributed by atoms with E-state index in [1.807, 2.05) is 6.92 Å². The highest BCUT2D eigenvalue weighted by molar-refractivity contribution is 5.81. The van der Waals surface area contributed by atoms with Crippen molar-refractivity contribution in [2.24, 2.45) is 5.92 Å². The fraction of sp³-hybridized carbons (Fsp3) is 0.800. The molecule has 2 unspecified atom stereocenters. The number of aliphatic carboxylic acids is 1. The van der Waals surface area contributed by atoms with Crippen LogP contribution in [-0.2, 0) is 14.3 Å². The third-order valence-corrected chi connectivity index (χ3v) is 2.23. The number of carboxylic acids is 1. The first kappa shape index (κ1) is 13.9. The Bertz CT molecular complexity index is 217. The number of carbonyl (C=O) groups is 2. The molecule has 0 aromatic carbocycles. The number of amides is 1. The Labute approximate surface area is 89.8 Å². The first-order valence-electron chi connectivity index (χ1n) is 5.06. The molecular formula is C10H19NO4. The second-order valence-corrected chi connectivity index (χ2v) is 3.45. The predicted molar refractivity (Wildman–Crippen MR) is 55.5 cm³/mol. The normalized spacial score (nSPS) is 14.3. The van der Waals surface area contributed by atoms with Crippen molar-refractivity contribution in [3.05, 3.63) is 0 Å². The Hall–Kier alpha value is -1.10. The second kappa shape index (κ2) is 7.23. The molecule has 2 atom stereocenters. The number of hydrogen-bond donors (Lipinski definition) is 2. The van der Waals surface area contributed by atoms with Gasteiger partial charge >= 0.3 is 5.97 Å². The molecule has 0 fully saturated rings. The molecule has 0 saturated carbocycles. The molecule has 1 amide bonds. The van der Waals surface area contributed by atoms with E-state index in [-0.39, 0.29) is 12.5 Å². The number of carboxylic acid groups (broad SMARTS) is 1. The fourth-order valence-electron chi connectivity index (χ4n) is 1.14. The lowest BCUT2D eigenvalue weighted by Crippen LogP contribution is -2.38. The van der Waals surface area contributed by atoms with Crippen LogP contribution in [0.5, 0.6) is 0 Å². The van der Waals surface area contributed by atoms with Crippen molar-refractivity contribution in [1.82, 2.24) is 5.32 Å². The van der Waals surface area contributed by atoms with Crippen molar-refractivity contribution in [3.63, 3.8) is 0 Å². The number of nitrogens with one attached hydrogen (secondary N) is 1. The smallest absolute Gasteiger partial charge is 0.308 e. The highest BCUT2D eigenvalue weighted by atomic mass is 16.5. The van der Waals surface area contributed by atoms with Gasteiger partial charge in [-0.2, -0.15) is 0 Å². The van der Waals surface area contributed by atoms with Gasteiger partial charge in [-0.05, 0) is 13.3 Å². The van der Waals surface area contributed by atoms with Crippen LogP contribution in [0.4, 0.5) is 0 Å². The summed E-state index contributed by atoms with van der Waals surface area (Å²) >= 11 is 0. The summed E-state index contributed by atoms with van der Waals surface area (Å²) in [5, 5.41) is 11.4. The van der Waals surface area contributed by atoms with Gasteiger partial charge in [-0.1, -0.05) is 13.3 Å². The molecule has 88 valence electrons. The minimum Gasteiger partial charge on any atom is -0.481 e. The van der Waals surface area contributed by atoms with Crippen LogP contribution < -0.4 is 5.32 Å². The lowest BCUT2D eigenvalue weighted by molar-refractivity contribution is -0.142. The molecule has 15 heavy (non-hydrogen) atoms. The molecule has 0 aliphatic carbocycles. The van der Waals surface area contributed by atoms with Gasteiger partial charge in [0, 0.05) is 13.7 Å². The van der Waals surface area contributed by atoms with Crippen molar-refractivity contribution in [2.75, 3.05) is 13.7 Å². The standard InChI is InChI=1S/C10H19NO4/c1-4-5-8(10(13)14)6-11-9(12)7(2)15-3/h7-8H,4-6H2,1-3H3,(H,11,12)(H,13,14). The van der Waals surface area contributed by atoms with Crippen LogP contribution in [0.2, 0.25) is 0 Å². The maximum Gasteiger partial charge on any atom is 0.308 e. The van der Waals surface area contributed by atoms with Crippen molar-refractivity contribution in [2.45, 2.75) is 32.8 Å². The van der Waals surface area contributed by atoms with E-state index in [2.05, 4.69) is 5.32 Å². The van der Waals surface area contributed by atoms with Gasteiger partial charge in [0.1, 0.15) is 6.10 Å². The molecule has 0 spiro atoms. The average Bonchev–Trinajstić information content (AvgIpc) is 2.21. The van der Waals surface area contributed by atoms with Crippen LogP contribution >= 0.6 is 0 Å². The van der Waals surface area contributed by atoms with Crippen molar-refractivity contribution in [3.8, 4) is 0 Å². The zero-order valence-electron chi connectivity index (χ0n) is 9.45. The summed E-state index contributed by atoms with van der Waals surface area (Å²) in [6.07, 6.45) is 0.810. The highest BCUT2D eigenvalue weighted by Crippen LogP contribution is 2.05. The average molecular weight is 217 g/mol. The molecule has 0 aliphatic heterocycles. The number of ether oxygens (including phenoxy) is 1. The Morgan fingerprint density at radius 3 is 2.47 bits per heavy atom. The third-order valence-electron chi connectivity index (χ3n) is 2.23. The van der Waals surface area contributed by atoms with E-state index < -0.39 is 18.0 Å². The molecule has 0 bridgehead atoms. The zero-order valence-corrected chi connectivity index (χ0v) is 9.45. The summed E-state index contributed by atoms with van der Waals surface area (Å²) in [4.78, 5) is 22.0. The van der Waals surface area contributed by atoms with Gasteiger partial charge < -0.3 is 15.2 Å². The molecule has 0 rings (SSSR count). The summed E-state index contributed by atoms with van der Waals surface area (Å²) in [6, 6.07) is 0. The second-order valence-electron chi connectivity index (χ2n) is 3.45. The van der Waals surface area contributed by atoms with Crippen LogP contribution in [0.15, 0.2) is 0 Å². The number of carbonyl (C=O) groups excluding carboxylic acids is 1. The monoisotopic (exact) mass is 217 g/mol. The lowest BCUT2D eigenvalue weighted by atomic mass is 10.0. The largest absolute Gasteiger partial charge is 0.481 e. The molecule has 0 saturated heterocycles. The van der Waals surface area contributed by atoms with Crippen molar-refractivity contribution < 1.29 is 19.4 Å². The molecule has 0 aromatic rings. The Morgan fingerprint density at radius 1 is 1.47 bits per heavy atom. The predicted octanol–water partition coefficient (Wildman–Crippen LogP) is 0.638. The summed E-state index contributed by atoms with van der Waals surface area (Å²) in [7, 11) is 1.44. The zero-order chi connectivity index (χ0) is 11.8. The fourth-order valence-corrected chi connectivity index (χ4v) is 1.14. The minimum atomic E-state index is -0.873. The van der Waals surface area contributed by atoms with E-state index in [1.54, 1.807) is 6.92 Å². The van der Waals surface area contributed by atoms with E-state index >= 15 is 0 Å². The first-order valence-corrected chi connectivity index (χ1v) is 5.06. The van der Waals surface area contributed by atoms with Gasteiger partial charge in [-0.15, -0.1) is 0 Å². The van der Waals surface area contributed by atoms with E-state index in [1.165, 1.54) is 7.11 Å². The quantitative estimate of drug-likeness (QED) is 0.656. The van der Waals surface area contributed by atoms with E-state index in [9.17, 15) is 9.59 Å². The molecule has 0 radical (unpaired) electrons. The Balaban J connectivity index is 3.99. The molecule has 5 heteroatoms. The molecule has 0 aromatic heterocycles. The van der Waals surface area contributed by atoms with E-state index in [0.29, 0.717) is 6.42 Å². The molecule has 5 nitrogen and oxygen atoms in total. The van der Waals surface area contributed by atoms with Crippen molar-refractivity contribution in [1.29, 1.82) is 0 Å². The van der Waals surface area contributed by atoms with Crippen LogP contribution in [0.3, 0.4) is 0 Å². The first-order chi connectivity index (χ1) is 7.02. The Morgan fingerprint density at radius 2 is 2.07 bits per heavy atom. The van der Waals surface area contributed by atoms with E-state index in [0.717, 1.165) is 6.42 Å². The molecule has 0 aliphatic rings. The SMILES string of the molecule is CCCC(CNC(=O)C(C)OC)C(=O)O. The number of methoxy groups -OCH3 is 1. The van der Waals surface area contributed by atoms with Gasteiger partial charge in [0.2, 0.25) is 5.91 Å². The van der Waals surface area contributed by atoms with Gasteiger partial charge in [0.15, 0.2) is 0 Å². The van der Waals surface area contributed by atoms with Gasteiger partial charge in [0.05, 0.1) is 5.92 Å². The molecule has 0 heterocycles. The summed E-state index contributed by atoms with van der Waals surface area (Å²) in [6.45, 7) is 3.69. The Kier molecular flexibility index (Phi) is 6.70. The van der Waals surface area contributed by atoms with Crippen molar-refractivity contribution >= 4 is 11.9 Å². The summed E-state index contributed by atoms with van der Waals surface area (Å²) in [5.74, 6) is -1.66. The van der Waals surface area contributed by atoms with Gasteiger partial charge in [-0.3, -0.25) is 9.59 Å². The van der Waals surface area contributed by atoms with E-state index in [4.69, 9.17) is 9.84 Å². The number of hydrogen-bond acceptors (Lipinski definition) is 3. The summed E-state index contributed by atoms with van der Waals surface area (Å²) < 4.78 is 4.81. The third kappa shape index (κ3) is 5.37.